The molecule has 112 valence electrons. The summed E-state index contributed by atoms with van der Waals surface area (Å²) in [5, 5.41) is 8.54. The summed E-state index contributed by atoms with van der Waals surface area (Å²) < 4.78 is 5.48. The molecule has 0 heterocycles. The van der Waals surface area contributed by atoms with Crippen LogP contribution in [-0.4, -0.2) is 23.1 Å². The second kappa shape index (κ2) is 8.46. The Balaban J connectivity index is 0.00000324. The molecule has 0 saturated heterocycles. The second-order valence-corrected chi connectivity index (χ2v) is 5.75. The highest BCUT2D eigenvalue weighted by Gasteiger charge is 2.33. The highest BCUT2D eigenvalue weighted by Crippen LogP contribution is 2.35. The van der Waals surface area contributed by atoms with Crippen molar-refractivity contribution in [2.24, 2.45) is 17.8 Å². The summed E-state index contributed by atoms with van der Waals surface area (Å²) in [5.74, 6) is 0.161. The average molecular weight is 290 g/mol. The average Bonchev–Trinajstić information content (AvgIpc) is 2.26. The van der Waals surface area contributed by atoms with E-state index < -0.39 is 5.97 Å². The molecule has 19 heavy (non-hydrogen) atoms. The molecule has 0 unspecified atom stereocenters. The summed E-state index contributed by atoms with van der Waals surface area (Å²) >= 11 is 0. The van der Waals surface area contributed by atoms with Gasteiger partial charge in [0, 0.05) is 0 Å². The Morgan fingerprint density at radius 2 is 1.89 bits per heavy atom. The maximum Gasteiger partial charge on any atom is 0.306 e. The summed E-state index contributed by atoms with van der Waals surface area (Å²) in [4.78, 5) is 22.0. The minimum atomic E-state index is -0.954. The monoisotopic (exact) mass is 290 g/mol. The molecule has 3 atom stereocenters. The first-order valence-electron chi connectivity index (χ1n) is 6.81. The molecule has 4 nitrogen and oxygen atoms in total. The summed E-state index contributed by atoms with van der Waals surface area (Å²) in [6.07, 6.45) is 2.98. The molecule has 1 N–H and O–H groups in total. The van der Waals surface area contributed by atoms with E-state index in [0.29, 0.717) is 17.8 Å². The Morgan fingerprint density at radius 3 is 2.42 bits per heavy atom. The van der Waals surface area contributed by atoms with E-state index >= 15 is 0 Å². The molecule has 1 saturated carbocycles. The molecule has 1 fully saturated rings. The molecule has 0 bridgehead atoms. The van der Waals surface area contributed by atoms with Crippen LogP contribution in [-0.2, 0) is 14.3 Å². The topological polar surface area (TPSA) is 63.6 Å². The van der Waals surface area contributed by atoms with E-state index in [-0.39, 0.29) is 38.4 Å². The number of carboxylic acid groups (broad SMARTS) is 1. The molecule has 0 aromatic rings. The number of esters is 1. The highest BCUT2D eigenvalue weighted by atomic mass is 32.1. The zero-order chi connectivity index (χ0) is 13.7. The Morgan fingerprint density at radius 1 is 1.26 bits per heavy atom. The van der Waals surface area contributed by atoms with Crippen molar-refractivity contribution < 1.29 is 19.4 Å². The molecule has 0 aromatic heterocycles. The lowest BCUT2D eigenvalue weighted by molar-refractivity contribution is -0.158. The molecule has 1 aliphatic rings. The number of carboxylic acids is 1. The predicted molar refractivity (Wildman–Crippen MR) is 78.5 cm³/mol. The van der Waals surface area contributed by atoms with Gasteiger partial charge >= 0.3 is 11.9 Å². The van der Waals surface area contributed by atoms with Crippen molar-refractivity contribution in [3.05, 3.63) is 0 Å². The van der Waals surface area contributed by atoms with Crippen LogP contribution >= 0.6 is 13.5 Å². The van der Waals surface area contributed by atoms with Crippen LogP contribution in [0, 0.1) is 17.8 Å². The minimum absolute atomic E-state index is 0. The molecule has 0 amide bonds. The van der Waals surface area contributed by atoms with Crippen LogP contribution in [0.4, 0.5) is 0 Å². The fourth-order valence-corrected chi connectivity index (χ4v) is 2.69. The van der Waals surface area contributed by atoms with Crippen LogP contribution in [0.3, 0.4) is 0 Å². The quantitative estimate of drug-likeness (QED) is 0.791. The third-order valence-corrected chi connectivity index (χ3v) is 3.79. The van der Waals surface area contributed by atoms with Gasteiger partial charge in [-0.15, -0.1) is 0 Å². The maximum atomic E-state index is 11.6. The van der Waals surface area contributed by atoms with Gasteiger partial charge in [0.25, 0.3) is 0 Å². The smallest absolute Gasteiger partial charge is 0.306 e. The van der Waals surface area contributed by atoms with Gasteiger partial charge in [0.15, 0.2) is 0 Å². The third-order valence-electron chi connectivity index (χ3n) is 3.79. The molecular formula is C14H26O4S. The van der Waals surface area contributed by atoms with Gasteiger partial charge in [0.1, 0.15) is 6.10 Å². The van der Waals surface area contributed by atoms with Crippen LogP contribution in [0.2, 0.25) is 0 Å². The third kappa shape index (κ3) is 6.32. The van der Waals surface area contributed by atoms with E-state index in [2.05, 4.69) is 20.8 Å². The van der Waals surface area contributed by atoms with Crippen molar-refractivity contribution in [3.63, 3.8) is 0 Å². The van der Waals surface area contributed by atoms with E-state index in [0.717, 1.165) is 12.8 Å². The minimum Gasteiger partial charge on any atom is -0.481 e. The van der Waals surface area contributed by atoms with E-state index in [1.54, 1.807) is 0 Å². The molecule has 1 rings (SSSR count). The van der Waals surface area contributed by atoms with E-state index in [4.69, 9.17) is 9.84 Å². The Labute approximate surface area is 122 Å². The van der Waals surface area contributed by atoms with Gasteiger partial charge in [-0.3, -0.25) is 9.59 Å². The van der Waals surface area contributed by atoms with Crippen molar-refractivity contribution in [1.82, 2.24) is 0 Å². The van der Waals surface area contributed by atoms with Crippen molar-refractivity contribution in [3.8, 4) is 0 Å². The molecule has 5 heteroatoms. The Bertz CT molecular complexity index is 304. The number of carbonyl (C=O) groups is 2. The second-order valence-electron chi connectivity index (χ2n) is 5.75. The van der Waals surface area contributed by atoms with Crippen LogP contribution in [0.15, 0.2) is 0 Å². The number of ether oxygens (including phenoxy) is 1. The summed E-state index contributed by atoms with van der Waals surface area (Å²) in [7, 11) is 0. The van der Waals surface area contributed by atoms with Gasteiger partial charge in [0.05, 0.1) is 12.8 Å². The van der Waals surface area contributed by atoms with Gasteiger partial charge in [-0.05, 0) is 30.6 Å². The zero-order valence-corrected chi connectivity index (χ0v) is 13.0. The summed E-state index contributed by atoms with van der Waals surface area (Å²) in [6.45, 7) is 6.48. The molecule has 0 spiro atoms. The lowest BCUT2D eigenvalue weighted by atomic mass is 9.75. The van der Waals surface area contributed by atoms with Gasteiger partial charge in [-0.1, -0.05) is 27.2 Å². The van der Waals surface area contributed by atoms with Crippen molar-refractivity contribution in [2.75, 3.05) is 0 Å². The predicted octanol–water partition coefficient (Wildman–Crippen LogP) is 2.97. The van der Waals surface area contributed by atoms with Crippen LogP contribution in [0.5, 0.6) is 0 Å². The van der Waals surface area contributed by atoms with Crippen molar-refractivity contribution in [1.29, 1.82) is 0 Å². The zero-order valence-electron chi connectivity index (χ0n) is 12.0. The summed E-state index contributed by atoms with van der Waals surface area (Å²) in [5.41, 5.74) is 0. The molecular weight excluding hydrogens is 264 g/mol. The Kier molecular flexibility index (Phi) is 8.14. The standard InChI is InChI=1S/C14H24O4.H2S/c1-9(2)11-5-4-10(3)8-12(11)18-14(17)7-6-13(15)16;/h9-12H,4-8H2,1-3H3,(H,15,16);1H2/t10-,11+,12-;/m1./s1. The molecule has 1 aliphatic carbocycles. The maximum absolute atomic E-state index is 11.6. The van der Waals surface area contributed by atoms with Crippen molar-refractivity contribution in [2.45, 2.75) is 59.0 Å². The number of rotatable bonds is 5. The van der Waals surface area contributed by atoms with E-state index in [1.807, 2.05) is 0 Å². The summed E-state index contributed by atoms with van der Waals surface area (Å²) in [6, 6.07) is 0. The highest BCUT2D eigenvalue weighted by molar-refractivity contribution is 7.59. The first-order valence-corrected chi connectivity index (χ1v) is 6.81. The van der Waals surface area contributed by atoms with Crippen LogP contribution < -0.4 is 0 Å². The largest absolute Gasteiger partial charge is 0.481 e. The van der Waals surface area contributed by atoms with E-state index in [9.17, 15) is 9.59 Å². The van der Waals surface area contributed by atoms with Crippen LogP contribution in [0.25, 0.3) is 0 Å². The Hall–Kier alpha value is -0.710. The normalized spacial score (nSPS) is 26.6. The number of carbonyl (C=O) groups excluding carboxylic acids is 1. The SMILES string of the molecule is CC(C)[C@@H]1CC[C@@H](C)C[C@H]1OC(=O)CCC(=O)O.S. The van der Waals surface area contributed by atoms with Gasteiger partial charge < -0.3 is 9.84 Å². The van der Waals surface area contributed by atoms with Gasteiger partial charge in [0.2, 0.25) is 0 Å². The van der Waals surface area contributed by atoms with Crippen LogP contribution in [0.1, 0.15) is 52.9 Å². The fourth-order valence-electron chi connectivity index (χ4n) is 2.69. The van der Waals surface area contributed by atoms with Gasteiger partial charge in [-0.25, -0.2) is 0 Å². The van der Waals surface area contributed by atoms with E-state index in [1.165, 1.54) is 6.42 Å². The first-order chi connectivity index (χ1) is 8.40. The molecule has 0 radical (unpaired) electrons. The van der Waals surface area contributed by atoms with Crippen molar-refractivity contribution >= 4 is 25.4 Å². The lowest BCUT2D eigenvalue weighted by Crippen LogP contribution is -2.35. The fraction of sp³-hybridized carbons (Fsp3) is 0.857. The lowest BCUT2D eigenvalue weighted by Gasteiger charge is -2.36. The number of hydrogen-bond donors (Lipinski definition) is 1. The number of aliphatic carboxylic acids is 1. The molecule has 0 aliphatic heterocycles. The molecule has 0 aromatic carbocycles. The number of hydrogen-bond acceptors (Lipinski definition) is 3. The first kappa shape index (κ1) is 18.3. The van der Waals surface area contributed by atoms with Gasteiger partial charge in [-0.2, -0.15) is 13.5 Å².